The summed E-state index contributed by atoms with van der Waals surface area (Å²) < 4.78 is 28.8. The maximum absolute atomic E-state index is 6.18. The van der Waals surface area contributed by atoms with Crippen LogP contribution < -0.4 is 0 Å². The maximum Gasteiger partial charge on any atom is 0.186 e. The van der Waals surface area contributed by atoms with Crippen LogP contribution in [-0.4, -0.2) is 50.2 Å². The Balaban J connectivity index is 1.42. The van der Waals surface area contributed by atoms with Gasteiger partial charge in [-0.3, -0.25) is 0 Å². The van der Waals surface area contributed by atoms with Gasteiger partial charge in [0.2, 0.25) is 0 Å². The molecule has 3 saturated heterocycles. The highest BCUT2D eigenvalue weighted by Gasteiger charge is 2.62. The maximum atomic E-state index is 6.18. The zero-order chi connectivity index (χ0) is 12.2. The molecule has 1 saturated carbocycles. The quantitative estimate of drug-likeness (QED) is 0.695. The van der Waals surface area contributed by atoms with Gasteiger partial charge in [0.1, 0.15) is 24.4 Å². The fourth-order valence-electron chi connectivity index (χ4n) is 3.51. The van der Waals surface area contributed by atoms with Crippen molar-refractivity contribution in [2.24, 2.45) is 0 Å². The van der Waals surface area contributed by atoms with Gasteiger partial charge in [-0.25, -0.2) is 0 Å². The molecular weight excluding hydrogens is 236 g/mol. The van der Waals surface area contributed by atoms with Crippen molar-refractivity contribution in [1.29, 1.82) is 0 Å². The Kier molecular flexibility index (Phi) is 2.68. The fraction of sp³-hybridized carbons (Fsp3) is 1.00. The first-order valence-electron chi connectivity index (χ1n) is 6.97. The molecule has 0 radical (unpaired) electrons. The minimum absolute atomic E-state index is 0.00162. The van der Waals surface area contributed by atoms with Gasteiger partial charge in [-0.15, -0.1) is 0 Å². The Morgan fingerprint density at radius 1 is 1.00 bits per heavy atom. The topological polar surface area (TPSA) is 49.5 Å². The van der Waals surface area contributed by atoms with E-state index in [0.29, 0.717) is 6.61 Å². The minimum Gasteiger partial charge on any atom is -0.361 e. The molecule has 4 aliphatic rings. The van der Waals surface area contributed by atoms with Gasteiger partial charge in [0.05, 0.1) is 6.61 Å². The van der Waals surface area contributed by atoms with Crippen LogP contribution >= 0.6 is 0 Å². The van der Waals surface area contributed by atoms with Crippen molar-refractivity contribution in [2.75, 3.05) is 13.7 Å². The smallest absolute Gasteiger partial charge is 0.186 e. The molecule has 102 valence electrons. The van der Waals surface area contributed by atoms with Crippen molar-refractivity contribution in [2.45, 2.75) is 68.6 Å². The van der Waals surface area contributed by atoms with Gasteiger partial charge in [0.25, 0.3) is 0 Å². The lowest BCUT2D eigenvalue weighted by Gasteiger charge is -2.32. The highest BCUT2D eigenvalue weighted by Crippen LogP contribution is 2.46. The number of fused-ring (bicyclic) bond motifs is 1. The SMILES string of the molecule is CO[C@@H]1O[C@H]([C@H]2COC3(CCCCC3)O2)[C@H]2O[C@@H]12. The standard InChI is InChI=1S/C13H20O5/c1-14-12-11-10(16-11)9(17-12)8-7-15-13(18-8)5-3-2-4-6-13/h8-12H,2-7H2,1H3/t8-,9-,10-,11-,12-/m1/s1. The van der Waals surface area contributed by atoms with E-state index in [-0.39, 0.29) is 36.5 Å². The lowest BCUT2D eigenvalue weighted by Crippen LogP contribution is -2.38. The predicted molar refractivity (Wildman–Crippen MR) is 61.0 cm³/mol. The lowest BCUT2D eigenvalue weighted by atomic mass is 9.94. The van der Waals surface area contributed by atoms with Gasteiger partial charge in [-0.2, -0.15) is 0 Å². The largest absolute Gasteiger partial charge is 0.361 e. The summed E-state index contributed by atoms with van der Waals surface area (Å²) in [7, 11) is 1.65. The number of epoxide rings is 1. The first kappa shape index (κ1) is 11.6. The first-order chi connectivity index (χ1) is 8.81. The molecular formula is C13H20O5. The Hall–Kier alpha value is -0.200. The monoisotopic (exact) mass is 256 g/mol. The van der Waals surface area contributed by atoms with Crippen LogP contribution in [0, 0.1) is 0 Å². The average Bonchev–Trinajstić information content (AvgIpc) is 2.96. The van der Waals surface area contributed by atoms with E-state index in [1.807, 2.05) is 0 Å². The second-order valence-electron chi connectivity index (χ2n) is 5.71. The molecule has 5 atom stereocenters. The first-order valence-corrected chi connectivity index (χ1v) is 6.97. The number of hydrogen-bond donors (Lipinski definition) is 0. The van der Waals surface area contributed by atoms with E-state index in [0.717, 1.165) is 12.8 Å². The van der Waals surface area contributed by atoms with Crippen LogP contribution in [0.15, 0.2) is 0 Å². The molecule has 1 aliphatic carbocycles. The summed E-state index contributed by atoms with van der Waals surface area (Å²) in [5.41, 5.74) is 0. The van der Waals surface area contributed by atoms with Crippen molar-refractivity contribution in [3.8, 4) is 0 Å². The molecule has 0 amide bonds. The summed E-state index contributed by atoms with van der Waals surface area (Å²) in [4.78, 5) is 0. The van der Waals surface area contributed by atoms with Crippen LogP contribution in [-0.2, 0) is 23.7 Å². The molecule has 3 heterocycles. The van der Waals surface area contributed by atoms with Gasteiger partial charge >= 0.3 is 0 Å². The normalized spacial score (nSPS) is 49.5. The molecule has 0 unspecified atom stereocenters. The third kappa shape index (κ3) is 1.72. The molecule has 0 bridgehead atoms. The van der Waals surface area contributed by atoms with Crippen LogP contribution in [0.25, 0.3) is 0 Å². The molecule has 18 heavy (non-hydrogen) atoms. The van der Waals surface area contributed by atoms with E-state index in [2.05, 4.69) is 0 Å². The molecule has 3 aliphatic heterocycles. The third-order valence-electron chi connectivity index (χ3n) is 4.54. The Labute approximate surface area is 107 Å². The predicted octanol–water partition coefficient (Wildman–Crippen LogP) is 1.20. The van der Waals surface area contributed by atoms with Gasteiger partial charge < -0.3 is 23.7 Å². The molecule has 4 fully saturated rings. The summed E-state index contributed by atoms with van der Waals surface area (Å²) in [6.45, 7) is 0.619. The molecule has 0 N–H and O–H groups in total. The van der Waals surface area contributed by atoms with E-state index in [9.17, 15) is 0 Å². The van der Waals surface area contributed by atoms with Crippen molar-refractivity contribution in [3.05, 3.63) is 0 Å². The number of methoxy groups -OCH3 is 1. The van der Waals surface area contributed by atoms with E-state index in [1.165, 1.54) is 19.3 Å². The number of hydrogen-bond acceptors (Lipinski definition) is 5. The number of ether oxygens (including phenoxy) is 5. The van der Waals surface area contributed by atoms with Gasteiger partial charge in [-0.05, 0) is 12.8 Å². The van der Waals surface area contributed by atoms with Gasteiger partial charge in [0.15, 0.2) is 12.1 Å². The average molecular weight is 256 g/mol. The third-order valence-corrected chi connectivity index (χ3v) is 4.54. The summed E-state index contributed by atoms with van der Waals surface area (Å²) in [5, 5.41) is 0. The van der Waals surface area contributed by atoms with Crippen molar-refractivity contribution in [3.63, 3.8) is 0 Å². The summed E-state index contributed by atoms with van der Waals surface area (Å²) in [6.07, 6.45) is 5.69. The lowest BCUT2D eigenvalue weighted by molar-refractivity contribution is -0.218. The van der Waals surface area contributed by atoms with E-state index < -0.39 is 0 Å². The molecule has 0 aromatic heterocycles. The van der Waals surface area contributed by atoms with Crippen LogP contribution in [0.4, 0.5) is 0 Å². The molecule has 0 aromatic carbocycles. The van der Waals surface area contributed by atoms with Crippen LogP contribution in [0.2, 0.25) is 0 Å². The second-order valence-corrected chi connectivity index (χ2v) is 5.71. The van der Waals surface area contributed by atoms with Crippen LogP contribution in [0.1, 0.15) is 32.1 Å². The number of rotatable bonds is 2. The Bertz CT molecular complexity index is 327. The van der Waals surface area contributed by atoms with E-state index in [4.69, 9.17) is 23.7 Å². The zero-order valence-corrected chi connectivity index (χ0v) is 10.7. The zero-order valence-electron chi connectivity index (χ0n) is 10.7. The van der Waals surface area contributed by atoms with Crippen LogP contribution in [0.5, 0.6) is 0 Å². The van der Waals surface area contributed by atoms with Gasteiger partial charge in [0, 0.05) is 20.0 Å². The second kappa shape index (κ2) is 4.15. The molecule has 4 rings (SSSR count). The van der Waals surface area contributed by atoms with Crippen molar-refractivity contribution < 1.29 is 23.7 Å². The summed E-state index contributed by atoms with van der Waals surface area (Å²) in [6, 6.07) is 0. The Morgan fingerprint density at radius 2 is 1.83 bits per heavy atom. The minimum atomic E-state index is -0.332. The van der Waals surface area contributed by atoms with Gasteiger partial charge in [-0.1, -0.05) is 6.42 Å². The van der Waals surface area contributed by atoms with E-state index in [1.54, 1.807) is 7.11 Å². The fourth-order valence-corrected chi connectivity index (χ4v) is 3.51. The summed E-state index contributed by atoms with van der Waals surface area (Å²) in [5.74, 6) is -0.332. The molecule has 5 heteroatoms. The van der Waals surface area contributed by atoms with Crippen molar-refractivity contribution >= 4 is 0 Å². The molecule has 1 spiro atoms. The highest BCUT2D eigenvalue weighted by molar-refractivity contribution is 5.04. The highest BCUT2D eigenvalue weighted by atomic mass is 16.8. The Morgan fingerprint density at radius 3 is 2.56 bits per heavy atom. The van der Waals surface area contributed by atoms with Crippen molar-refractivity contribution in [1.82, 2.24) is 0 Å². The molecule has 5 nitrogen and oxygen atoms in total. The summed E-state index contributed by atoms with van der Waals surface area (Å²) >= 11 is 0. The van der Waals surface area contributed by atoms with Crippen LogP contribution in [0.3, 0.4) is 0 Å². The van der Waals surface area contributed by atoms with E-state index >= 15 is 0 Å². The molecule has 0 aromatic rings.